The zero-order valence-corrected chi connectivity index (χ0v) is 15.1. The van der Waals surface area contributed by atoms with Crippen molar-refractivity contribution in [3.63, 3.8) is 0 Å². The van der Waals surface area contributed by atoms with Crippen LogP contribution in [-0.2, 0) is 15.0 Å². The van der Waals surface area contributed by atoms with E-state index in [-0.39, 0.29) is 5.91 Å². The molecule has 0 saturated heterocycles. The van der Waals surface area contributed by atoms with Crippen LogP contribution in [0.25, 0.3) is 6.08 Å². The van der Waals surface area contributed by atoms with Gasteiger partial charge in [-0.3, -0.25) is 13.4 Å². The van der Waals surface area contributed by atoms with Crippen molar-refractivity contribution < 1.29 is 13.2 Å². The van der Waals surface area contributed by atoms with Crippen molar-refractivity contribution in [3.05, 3.63) is 46.2 Å². The molecule has 0 unspecified atom stereocenters. The zero-order chi connectivity index (χ0) is 17.5. The quantitative estimate of drug-likeness (QED) is 0.853. The normalized spacial score (nSPS) is 15.8. The van der Waals surface area contributed by atoms with Gasteiger partial charge in [-0.2, -0.15) is 8.42 Å². The van der Waals surface area contributed by atoms with E-state index in [4.69, 9.17) is 0 Å². The number of fused-ring (bicyclic) bond motifs is 1. The van der Waals surface area contributed by atoms with E-state index in [1.165, 1.54) is 28.8 Å². The molecule has 1 aromatic heterocycles. The fourth-order valence-corrected chi connectivity index (χ4v) is 4.25. The molecule has 24 heavy (non-hydrogen) atoms. The van der Waals surface area contributed by atoms with E-state index >= 15 is 0 Å². The minimum Gasteiger partial charge on any atom is -0.322 e. The molecular formula is C16H17N3O3S2. The minimum absolute atomic E-state index is 0.261. The molecule has 1 aromatic carbocycles. The topological polar surface area (TPSA) is 69.7 Å². The van der Waals surface area contributed by atoms with E-state index in [9.17, 15) is 13.2 Å². The third-order valence-corrected chi connectivity index (χ3v) is 6.51. The molecule has 0 bridgehead atoms. The van der Waals surface area contributed by atoms with E-state index in [0.29, 0.717) is 17.1 Å². The second-order valence-corrected chi connectivity index (χ2v) is 8.41. The first kappa shape index (κ1) is 16.5. The number of nitrogens with one attached hydrogen (secondary N) is 1. The van der Waals surface area contributed by atoms with Gasteiger partial charge in [0.05, 0.1) is 11.4 Å². The predicted octanol–water partition coefficient (Wildman–Crippen LogP) is 2.84. The van der Waals surface area contributed by atoms with Crippen molar-refractivity contribution in [2.24, 2.45) is 0 Å². The largest absolute Gasteiger partial charge is 0.326 e. The number of carbonyl (C=O) groups excluding carboxylic acids is 1. The molecule has 0 spiro atoms. The number of hydrogen-bond acceptors (Lipinski definition) is 4. The fourth-order valence-electron chi connectivity index (χ4n) is 2.47. The van der Waals surface area contributed by atoms with Gasteiger partial charge in [-0.25, -0.2) is 0 Å². The lowest BCUT2D eigenvalue weighted by Crippen LogP contribution is -2.32. The van der Waals surface area contributed by atoms with Crippen molar-refractivity contribution in [2.45, 2.75) is 6.92 Å². The Balaban J connectivity index is 1.86. The Kier molecular flexibility index (Phi) is 4.10. The summed E-state index contributed by atoms with van der Waals surface area (Å²) in [4.78, 5) is 13.1. The van der Waals surface area contributed by atoms with Crippen molar-refractivity contribution in [2.75, 3.05) is 28.0 Å². The summed E-state index contributed by atoms with van der Waals surface area (Å²) in [6, 6.07) is 7.28. The van der Waals surface area contributed by atoms with Crippen LogP contribution in [0.5, 0.6) is 0 Å². The summed E-state index contributed by atoms with van der Waals surface area (Å²) in [5, 5.41) is 4.74. The Labute approximate surface area is 145 Å². The van der Waals surface area contributed by atoms with Gasteiger partial charge in [0.2, 0.25) is 5.91 Å². The second kappa shape index (κ2) is 5.95. The number of nitrogens with zero attached hydrogens (tertiary/aromatic N) is 2. The smallest absolute Gasteiger partial charge is 0.322 e. The molecule has 0 aliphatic carbocycles. The molecule has 1 N–H and O–H groups in total. The lowest BCUT2D eigenvalue weighted by molar-refractivity contribution is -0.111. The number of hydrogen-bond donors (Lipinski definition) is 1. The maximum Gasteiger partial charge on any atom is 0.326 e. The number of carbonyl (C=O) groups is 1. The van der Waals surface area contributed by atoms with E-state index in [2.05, 4.69) is 5.32 Å². The average molecular weight is 363 g/mol. The Hall–Kier alpha value is -2.32. The Morgan fingerprint density at radius 3 is 2.50 bits per heavy atom. The van der Waals surface area contributed by atoms with Gasteiger partial charge >= 0.3 is 10.2 Å². The summed E-state index contributed by atoms with van der Waals surface area (Å²) in [5.74, 6) is -0.261. The predicted molar refractivity (Wildman–Crippen MR) is 98.9 cm³/mol. The van der Waals surface area contributed by atoms with Gasteiger partial charge < -0.3 is 5.32 Å². The van der Waals surface area contributed by atoms with Crippen LogP contribution < -0.4 is 13.9 Å². The van der Waals surface area contributed by atoms with Crippen molar-refractivity contribution >= 4 is 50.6 Å². The van der Waals surface area contributed by atoms with E-state index in [1.807, 2.05) is 24.4 Å². The highest BCUT2D eigenvalue weighted by Gasteiger charge is 2.35. The molecule has 0 fully saturated rings. The van der Waals surface area contributed by atoms with Gasteiger partial charge in [0, 0.05) is 30.7 Å². The summed E-state index contributed by atoms with van der Waals surface area (Å²) < 4.78 is 26.8. The molecule has 8 heteroatoms. The number of thiophene rings is 1. The SMILES string of the molecule is Cc1cc2c(cc1NC(=O)/C=C/c1cccs1)N(C)S(=O)(=O)N2C. The van der Waals surface area contributed by atoms with E-state index in [0.717, 1.165) is 10.4 Å². The van der Waals surface area contributed by atoms with Crippen molar-refractivity contribution in [3.8, 4) is 0 Å². The molecule has 0 radical (unpaired) electrons. The molecule has 3 rings (SSSR count). The summed E-state index contributed by atoms with van der Waals surface area (Å²) in [7, 11) is -0.515. The molecule has 126 valence electrons. The monoisotopic (exact) mass is 363 g/mol. The van der Waals surface area contributed by atoms with Gasteiger partial charge in [-0.05, 0) is 42.1 Å². The lowest BCUT2D eigenvalue weighted by Gasteiger charge is -2.13. The molecule has 1 aliphatic heterocycles. The highest BCUT2D eigenvalue weighted by Crippen LogP contribution is 2.41. The average Bonchev–Trinajstić information content (AvgIpc) is 3.10. The van der Waals surface area contributed by atoms with Crippen LogP contribution >= 0.6 is 11.3 Å². The van der Waals surface area contributed by atoms with Crippen LogP contribution in [0.4, 0.5) is 17.1 Å². The maximum atomic E-state index is 12.2. The number of anilines is 3. The first-order chi connectivity index (χ1) is 11.3. The summed E-state index contributed by atoms with van der Waals surface area (Å²) in [6.45, 7) is 1.83. The maximum absolute atomic E-state index is 12.2. The van der Waals surface area contributed by atoms with Crippen LogP contribution in [0.2, 0.25) is 0 Å². The van der Waals surface area contributed by atoms with Crippen LogP contribution in [-0.4, -0.2) is 28.4 Å². The molecule has 1 amide bonds. The summed E-state index contributed by atoms with van der Waals surface area (Å²) >= 11 is 1.55. The highest BCUT2D eigenvalue weighted by atomic mass is 32.2. The number of aryl methyl sites for hydroxylation is 1. The van der Waals surface area contributed by atoms with Crippen LogP contribution in [0.3, 0.4) is 0 Å². The first-order valence-corrected chi connectivity index (χ1v) is 9.48. The minimum atomic E-state index is -3.52. The van der Waals surface area contributed by atoms with Crippen LogP contribution in [0.1, 0.15) is 10.4 Å². The second-order valence-electron chi connectivity index (χ2n) is 5.44. The van der Waals surface area contributed by atoms with Gasteiger partial charge in [-0.15, -0.1) is 11.3 Å². The summed E-state index contributed by atoms with van der Waals surface area (Å²) in [5.41, 5.74) is 2.53. The highest BCUT2D eigenvalue weighted by molar-refractivity contribution is 7.94. The van der Waals surface area contributed by atoms with Gasteiger partial charge in [-0.1, -0.05) is 6.07 Å². The lowest BCUT2D eigenvalue weighted by atomic mass is 10.1. The van der Waals surface area contributed by atoms with Crippen molar-refractivity contribution in [1.82, 2.24) is 0 Å². The van der Waals surface area contributed by atoms with Gasteiger partial charge in [0.25, 0.3) is 0 Å². The van der Waals surface area contributed by atoms with Gasteiger partial charge in [0.15, 0.2) is 0 Å². The van der Waals surface area contributed by atoms with E-state index < -0.39 is 10.2 Å². The molecule has 6 nitrogen and oxygen atoms in total. The standard InChI is InChI=1S/C16H17N3O3S2/c1-11-9-14-15(19(3)24(21,22)18(14)2)10-13(11)17-16(20)7-6-12-5-4-8-23-12/h4-10H,1-3H3,(H,17,20)/b7-6+. The van der Waals surface area contributed by atoms with Crippen LogP contribution in [0, 0.1) is 6.92 Å². The van der Waals surface area contributed by atoms with Gasteiger partial charge in [0.1, 0.15) is 0 Å². The molecule has 0 saturated carbocycles. The molecule has 2 aromatic rings. The Morgan fingerprint density at radius 1 is 1.21 bits per heavy atom. The number of amides is 1. The fraction of sp³-hybridized carbons (Fsp3) is 0.188. The number of rotatable bonds is 3. The zero-order valence-electron chi connectivity index (χ0n) is 13.5. The van der Waals surface area contributed by atoms with Crippen molar-refractivity contribution in [1.29, 1.82) is 0 Å². The molecular weight excluding hydrogens is 346 g/mol. The molecule has 1 aliphatic rings. The number of benzene rings is 1. The first-order valence-electron chi connectivity index (χ1n) is 7.20. The van der Waals surface area contributed by atoms with Crippen LogP contribution in [0.15, 0.2) is 35.7 Å². The molecule has 0 atom stereocenters. The Morgan fingerprint density at radius 2 is 1.88 bits per heavy atom. The molecule has 2 heterocycles. The van der Waals surface area contributed by atoms with E-state index in [1.54, 1.807) is 29.5 Å². The third-order valence-electron chi connectivity index (χ3n) is 3.89. The third kappa shape index (κ3) is 2.78. The summed E-state index contributed by atoms with van der Waals surface area (Å²) in [6.07, 6.45) is 3.21. The Bertz CT molecular complexity index is 918.